The highest BCUT2D eigenvalue weighted by Gasteiger charge is 2.28. The highest BCUT2D eigenvalue weighted by Crippen LogP contribution is 2.43. The van der Waals surface area contributed by atoms with E-state index in [2.05, 4.69) is 54.0 Å². The largest absolute Gasteiger partial charge is 0.383 e. The fraction of sp³-hybridized carbons (Fsp3) is 0.286. The Morgan fingerprint density at radius 2 is 2.00 bits per heavy atom. The maximum absolute atomic E-state index is 5.96. The van der Waals surface area contributed by atoms with Gasteiger partial charge in [0.2, 0.25) is 0 Å². The van der Waals surface area contributed by atoms with E-state index in [-0.39, 0.29) is 0 Å². The summed E-state index contributed by atoms with van der Waals surface area (Å²) in [5, 5.41) is 0. The summed E-state index contributed by atoms with van der Waals surface area (Å²) in [5.74, 6) is 1.89. The van der Waals surface area contributed by atoms with Crippen LogP contribution in [0.2, 0.25) is 0 Å². The van der Waals surface area contributed by atoms with Gasteiger partial charge in [-0.15, -0.1) is 0 Å². The van der Waals surface area contributed by atoms with Gasteiger partial charge < -0.3 is 5.73 Å². The van der Waals surface area contributed by atoms with E-state index in [1.165, 1.54) is 18.4 Å². The second-order valence-electron chi connectivity index (χ2n) is 4.81. The van der Waals surface area contributed by atoms with Gasteiger partial charge in [0.1, 0.15) is 11.6 Å². The van der Waals surface area contributed by atoms with E-state index < -0.39 is 0 Å². The van der Waals surface area contributed by atoms with Gasteiger partial charge in [0, 0.05) is 16.8 Å². The lowest BCUT2D eigenvalue weighted by atomic mass is 10.1. The van der Waals surface area contributed by atoms with Crippen LogP contribution in [0.15, 0.2) is 33.2 Å². The fourth-order valence-electron chi connectivity index (χ4n) is 2.07. The molecule has 2 aromatic rings. The number of rotatable bonds is 3. The molecule has 3 nitrogen and oxygen atoms in total. The lowest BCUT2D eigenvalue weighted by Gasteiger charge is -2.08. The molecule has 0 spiro atoms. The number of benzene rings is 1. The van der Waals surface area contributed by atoms with Crippen molar-refractivity contribution in [1.82, 2.24) is 9.97 Å². The number of anilines is 1. The molecule has 2 N–H and O–H groups in total. The van der Waals surface area contributed by atoms with Crippen LogP contribution in [0.25, 0.3) is 0 Å². The van der Waals surface area contributed by atoms with E-state index in [4.69, 9.17) is 5.73 Å². The molecule has 1 aliphatic carbocycles. The summed E-state index contributed by atoms with van der Waals surface area (Å²) in [6.07, 6.45) is 3.10. The molecule has 0 atom stereocenters. The Labute approximate surface area is 128 Å². The van der Waals surface area contributed by atoms with Crippen molar-refractivity contribution < 1.29 is 0 Å². The van der Waals surface area contributed by atoms with E-state index in [1.54, 1.807) is 0 Å². The fourth-order valence-corrected chi connectivity index (χ4v) is 3.02. The summed E-state index contributed by atoms with van der Waals surface area (Å²) in [7, 11) is 0. The van der Waals surface area contributed by atoms with Crippen molar-refractivity contribution in [2.45, 2.75) is 25.2 Å². The molecule has 19 heavy (non-hydrogen) atoms. The minimum Gasteiger partial charge on any atom is -0.383 e. The molecule has 1 saturated carbocycles. The Morgan fingerprint density at radius 1 is 1.21 bits per heavy atom. The maximum Gasteiger partial charge on any atom is 0.141 e. The summed E-state index contributed by atoms with van der Waals surface area (Å²) in [4.78, 5) is 9.04. The molecule has 0 bridgehead atoms. The first-order chi connectivity index (χ1) is 9.13. The minimum atomic E-state index is 0.543. The third kappa shape index (κ3) is 2.98. The van der Waals surface area contributed by atoms with Crippen LogP contribution in [0.1, 0.15) is 35.8 Å². The monoisotopic (exact) mass is 381 g/mol. The van der Waals surface area contributed by atoms with Crippen LogP contribution >= 0.6 is 31.9 Å². The smallest absolute Gasteiger partial charge is 0.141 e. The number of halogens is 2. The summed E-state index contributed by atoms with van der Waals surface area (Å²) in [6, 6.07) is 8.18. The molecule has 0 amide bonds. The first-order valence-electron chi connectivity index (χ1n) is 6.19. The molecular weight excluding hydrogens is 370 g/mol. The van der Waals surface area contributed by atoms with Crippen molar-refractivity contribution in [3.05, 3.63) is 50.3 Å². The zero-order chi connectivity index (χ0) is 13.4. The lowest BCUT2D eigenvalue weighted by Crippen LogP contribution is -2.05. The topological polar surface area (TPSA) is 51.8 Å². The Kier molecular flexibility index (Phi) is 3.58. The van der Waals surface area contributed by atoms with E-state index in [9.17, 15) is 0 Å². The molecule has 1 fully saturated rings. The predicted octanol–water partition coefficient (Wildman–Crippen LogP) is 4.05. The maximum atomic E-state index is 5.96. The van der Waals surface area contributed by atoms with Crippen LogP contribution in [-0.4, -0.2) is 9.97 Å². The number of nitrogens with zero attached hydrogens (tertiary/aromatic N) is 2. The Hall–Kier alpha value is -0.940. The average molecular weight is 383 g/mol. The average Bonchev–Trinajstić information content (AvgIpc) is 3.18. The van der Waals surface area contributed by atoms with Gasteiger partial charge in [0.25, 0.3) is 0 Å². The van der Waals surface area contributed by atoms with Crippen molar-refractivity contribution >= 4 is 37.7 Å². The predicted molar refractivity (Wildman–Crippen MR) is 83.1 cm³/mol. The summed E-state index contributed by atoms with van der Waals surface area (Å²) in [5.41, 5.74) is 8.21. The molecule has 98 valence electrons. The van der Waals surface area contributed by atoms with Crippen molar-refractivity contribution in [1.29, 1.82) is 0 Å². The van der Waals surface area contributed by atoms with Crippen LogP contribution in [-0.2, 0) is 6.42 Å². The van der Waals surface area contributed by atoms with Gasteiger partial charge in [-0.1, -0.05) is 28.1 Å². The van der Waals surface area contributed by atoms with Crippen LogP contribution in [0.3, 0.4) is 0 Å². The molecule has 0 radical (unpaired) electrons. The van der Waals surface area contributed by atoms with Gasteiger partial charge in [-0.2, -0.15) is 0 Å². The number of hydrogen-bond donors (Lipinski definition) is 1. The first kappa shape index (κ1) is 13.1. The lowest BCUT2D eigenvalue weighted by molar-refractivity contribution is 0.895. The highest BCUT2D eigenvalue weighted by atomic mass is 79.9. The summed E-state index contributed by atoms with van der Waals surface area (Å²) in [6.45, 7) is 0. The molecule has 1 aliphatic rings. The number of aromatic nitrogens is 2. The van der Waals surface area contributed by atoms with Gasteiger partial charge in [-0.25, -0.2) is 9.97 Å². The van der Waals surface area contributed by atoms with Crippen LogP contribution < -0.4 is 5.73 Å². The molecule has 0 aliphatic heterocycles. The van der Waals surface area contributed by atoms with E-state index in [0.29, 0.717) is 18.2 Å². The molecule has 0 unspecified atom stereocenters. The zero-order valence-electron chi connectivity index (χ0n) is 10.2. The van der Waals surface area contributed by atoms with Gasteiger partial charge in [-0.05, 0) is 46.5 Å². The Bertz CT molecular complexity index is 624. The molecule has 5 heteroatoms. The number of nitrogen functional groups attached to an aromatic ring is 1. The second kappa shape index (κ2) is 5.21. The first-order valence-corrected chi connectivity index (χ1v) is 7.78. The van der Waals surface area contributed by atoms with Crippen LogP contribution in [0.4, 0.5) is 5.82 Å². The molecule has 1 aromatic carbocycles. The van der Waals surface area contributed by atoms with Gasteiger partial charge in [0.05, 0.1) is 10.2 Å². The Morgan fingerprint density at radius 3 is 2.68 bits per heavy atom. The molecular formula is C14H13Br2N3. The van der Waals surface area contributed by atoms with E-state index >= 15 is 0 Å². The van der Waals surface area contributed by atoms with Crippen molar-refractivity contribution in [3.63, 3.8) is 0 Å². The van der Waals surface area contributed by atoms with Gasteiger partial charge in [0.15, 0.2) is 0 Å². The molecule has 0 saturated heterocycles. The van der Waals surface area contributed by atoms with Crippen molar-refractivity contribution in [3.8, 4) is 0 Å². The molecule has 1 aromatic heterocycles. The molecule has 1 heterocycles. The van der Waals surface area contributed by atoms with Crippen molar-refractivity contribution in [2.24, 2.45) is 0 Å². The summed E-state index contributed by atoms with van der Waals surface area (Å²) < 4.78 is 1.94. The SMILES string of the molecule is Nc1nc(Cc2cccc(Br)c2)nc(C2CC2)c1Br. The minimum absolute atomic E-state index is 0.543. The number of hydrogen-bond acceptors (Lipinski definition) is 3. The Balaban J connectivity index is 1.92. The van der Waals surface area contributed by atoms with Gasteiger partial charge in [-0.3, -0.25) is 0 Å². The number of nitrogens with two attached hydrogens (primary N) is 1. The summed E-state index contributed by atoms with van der Waals surface area (Å²) >= 11 is 6.97. The van der Waals surface area contributed by atoms with Gasteiger partial charge >= 0.3 is 0 Å². The zero-order valence-corrected chi connectivity index (χ0v) is 13.4. The second-order valence-corrected chi connectivity index (χ2v) is 6.51. The van der Waals surface area contributed by atoms with E-state index in [1.807, 2.05) is 12.1 Å². The quantitative estimate of drug-likeness (QED) is 0.870. The normalized spacial score (nSPS) is 14.6. The van der Waals surface area contributed by atoms with E-state index in [0.717, 1.165) is 20.5 Å². The standard InChI is InChI=1S/C14H13Br2N3/c15-10-3-1-2-8(6-10)7-11-18-13(9-4-5-9)12(16)14(17)19-11/h1-3,6,9H,4-5,7H2,(H2,17,18,19). The van der Waals surface area contributed by atoms with Crippen molar-refractivity contribution in [2.75, 3.05) is 5.73 Å². The third-order valence-electron chi connectivity index (χ3n) is 3.16. The van der Waals surface area contributed by atoms with Crippen LogP contribution in [0.5, 0.6) is 0 Å². The molecule has 3 rings (SSSR count). The van der Waals surface area contributed by atoms with Crippen LogP contribution in [0, 0.1) is 0 Å². The highest BCUT2D eigenvalue weighted by molar-refractivity contribution is 9.11. The third-order valence-corrected chi connectivity index (χ3v) is 4.47.